The fourth-order valence-electron chi connectivity index (χ4n) is 1.23. The minimum absolute atomic E-state index is 0.308. The molecule has 0 heterocycles. The molecule has 0 saturated heterocycles. The molecule has 0 N–H and O–H groups in total. The third-order valence-electron chi connectivity index (χ3n) is 1.86. The lowest BCUT2D eigenvalue weighted by molar-refractivity contribution is 0.572. The Balaban J connectivity index is 3.09. The molecule has 74 valence electrons. The van der Waals surface area contributed by atoms with Crippen molar-refractivity contribution >= 4 is 17.4 Å². The summed E-state index contributed by atoms with van der Waals surface area (Å²) in [5.74, 6) is -1.20. The van der Waals surface area contributed by atoms with E-state index in [0.29, 0.717) is 12.0 Å². The van der Waals surface area contributed by atoms with Crippen molar-refractivity contribution in [3.8, 4) is 0 Å². The van der Waals surface area contributed by atoms with E-state index in [0.717, 1.165) is 6.07 Å². The van der Waals surface area contributed by atoms with Crippen LogP contribution >= 0.6 is 12.2 Å². The first-order valence-electron chi connectivity index (χ1n) is 4.20. The molecule has 0 aromatic heterocycles. The van der Waals surface area contributed by atoms with Crippen molar-refractivity contribution in [1.29, 1.82) is 0 Å². The summed E-state index contributed by atoms with van der Waals surface area (Å²) < 4.78 is 25.7. The van der Waals surface area contributed by atoms with Crippen molar-refractivity contribution < 1.29 is 8.78 Å². The molecule has 1 aromatic rings. The number of aliphatic imine (C=N–C) groups is 1. The van der Waals surface area contributed by atoms with E-state index >= 15 is 0 Å². The molecule has 0 radical (unpaired) electrons. The summed E-state index contributed by atoms with van der Waals surface area (Å²) in [7, 11) is 0. The number of halogens is 2. The molecule has 0 amide bonds. The number of thiocarbonyl (C=S) groups is 1. The van der Waals surface area contributed by atoms with Crippen LogP contribution in [-0.4, -0.2) is 5.16 Å². The van der Waals surface area contributed by atoms with E-state index in [2.05, 4.69) is 22.4 Å². The van der Waals surface area contributed by atoms with Crippen LogP contribution in [0.4, 0.5) is 8.78 Å². The minimum Gasteiger partial charge on any atom is -0.224 e. The van der Waals surface area contributed by atoms with E-state index < -0.39 is 11.6 Å². The number of benzene rings is 1. The van der Waals surface area contributed by atoms with Gasteiger partial charge in [-0.05, 0) is 36.3 Å². The Morgan fingerprint density at radius 1 is 1.36 bits per heavy atom. The van der Waals surface area contributed by atoms with Crippen LogP contribution in [0, 0.1) is 11.6 Å². The van der Waals surface area contributed by atoms with Gasteiger partial charge in [0.1, 0.15) is 11.6 Å². The molecule has 14 heavy (non-hydrogen) atoms. The van der Waals surface area contributed by atoms with Crippen molar-refractivity contribution in [2.24, 2.45) is 4.99 Å². The van der Waals surface area contributed by atoms with E-state index in [1.165, 1.54) is 12.1 Å². The minimum atomic E-state index is -0.599. The molecule has 0 saturated carbocycles. The maximum atomic E-state index is 12.8. The number of hydrogen-bond donors (Lipinski definition) is 0. The highest BCUT2D eigenvalue weighted by Gasteiger charge is 2.09. The van der Waals surface area contributed by atoms with Gasteiger partial charge < -0.3 is 0 Å². The molecule has 1 atom stereocenters. The van der Waals surface area contributed by atoms with Gasteiger partial charge in [-0.3, -0.25) is 0 Å². The molecule has 4 heteroatoms. The maximum Gasteiger partial charge on any atom is 0.126 e. The summed E-state index contributed by atoms with van der Waals surface area (Å²) in [5, 5.41) is 2.22. The monoisotopic (exact) mass is 213 g/mol. The third-order valence-corrected chi connectivity index (χ3v) is 1.97. The largest absolute Gasteiger partial charge is 0.224 e. The summed E-state index contributed by atoms with van der Waals surface area (Å²) in [4.78, 5) is 3.83. The molecular formula is C10H9F2NS. The SMILES string of the molecule is CC[C@H](N=C=S)c1cc(F)cc(F)c1. The predicted octanol–water partition coefficient (Wildman–Crippen LogP) is 3.52. The van der Waals surface area contributed by atoms with Gasteiger partial charge in [0, 0.05) is 6.07 Å². The van der Waals surface area contributed by atoms with Gasteiger partial charge in [-0.2, -0.15) is 0 Å². The maximum absolute atomic E-state index is 12.8. The van der Waals surface area contributed by atoms with E-state index in [4.69, 9.17) is 0 Å². The van der Waals surface area contributed by atoms with Crippen LogP contribution in [-0.2, 0) is 0 Å². The van der Waals surface area contributed by atoms with Crippen molar-refractivity contribution in [3.05, 3.63) is 35.4 Å². The average molecular weight is 213 g/mol. The van der Waals surface area contributed by atoms with Gasteiger partial charge in [0.25, 0.3) is 0 Å². The first-order chi connectivity index (χ1) is 6.67. The highest BCUT2D eigenvalue weighted by atomic mass is 32.1. The Morgan fingerprint density at radius 2 is 1.93 bits per heavy atom. The first kappa shape index (κ1) is 11.0. The number of nitrogens with zero attached hydrogens (tertiary/aromatic N) is 1. The van der Waals surface area contributed by atoms with Gasteiger partial charge in [0.05, 0.1) is 11.2 Å². The van der Waals surface area contributed by atoms with Gasteiger partial charge >= 0.3 is 0 Å². The first-order valence-corrected chi connectivity index (χ1v) is 4.61. The Hall–Kier alpha value is -1.12. The highest BCUT2D eigenvalue weighted by molar-refractivity contribution is 7.78. The average Bonchev–Trinajstić information content (AvgIpc) is 2.12. The van der Waals surface area contributed by atoms with Crippen molar-refractivity contribution in [3.63, 3.8) is 0 Å². The molecule has 1 aromatic carbocycles. The second kappa shape index (κ2) is 4.94. The number of rotatable bonds is 3. The van der Waals surface area contributed by atoms with Crippen LogP contribution < -0.4 is 0 Å². The van der Waals surface area contributed by atoms with Crippen molar-refractivity contribution in [2.45, 2.75) is 19.4 Å². The van der Waals surface area contributed by atoms with E-state index in [9.17, 15) is 8.78 Å². The third kappa shape index (κ3) is 2.69. The van der Waals surface area contributed by atoms with Crippen LogP contribution in [0.25, 0.3) is 0 Å². The van der Waals surface area contributed by atoms with Gasteiger partial charge in [-0.25, -0.2) is 13.8 Å². The van der Waals surface area contributed by atoms with Crippen LogP contribution in [0.15, 0.2) is 23.2 Å². The summed E-state index contributed by atoms with van der Waals surface area (Å²) >= 11 is 4.46. The topological polar surface area (TPSA) is 12.4 Å². The molecule has 0 aliphatic rings. The molecular weight excluding hydrogens is 204 g/mol. The zero-order valence-corrected chi connectivity index (χ0v) is 8.44. The lowest BCUT2D eigenvalue weighted by Gasteiger charge is -2.08. The molecule has 0 aliphatic heterocycles. The van der Waals surface area contributed by atoms with E-state index in [-0.39, 0.29) is 6.04 Å². The Bertz CT molecular complexity index is 352. The summed E-state index contributed by atoms with van der Waals surface area (Å²) in [6.45, 7) is 1.86. The number of hydrogen-bond acceptors (Lipinski definition) is 2. The lowest BCUT2D eigenvalue weighted by Crippen LogP contribution is -1.95. The van der Waals surface area contributed by atoms with E-state index in [1.54, 1.807) is 0 Å². The van der Waals surface area contributed by atoms with Crippen LogP contribution in [0.2, 0.25) is 0 Å². The molecule has 0 spiro atoms. The molecule has 0 bridgehead atoms. The standard InChI is InChI=1S/C10H9F2NS/c1-2-10(13-6-14)7-3-8(11)5-9(12)4-7/h3-5,10H,2H2,1H3/t10-/m0/s1. The fourth-order valence-corrected chi connectivity index (χ4v) is 1.36. The molecule has 0 fully saturated rings. The molecule has 1 nitrogen and oxygen atoms in total. The Labute approximate surface area is 86.5 Å². The normalized spacial score (nSPS) is 11.9. The fraction of sp³-hybridized carbons (Fsp3) is 0.300. The van der Waals surface area contributed by atoms with E-state index in [1.807, 2.05) is 6.92 Å². The molecule has 0 unspecified atom stereocenters. The number of isothiocyanates is 1. The quantitative estimate of drug-likeness (QED) is 0.552. The van der Waals surface area contributed by atoms with Gasteiger partial charge in [-0.1, -0.05) is 6.92 Å². The Kier molecular flexibility index (Phi) is 3.86. The summed E-state index contributed by atoms with van der Waals surface area (Å²) in [6, 6.07) is 3.04. The van der Waals surface area contributed by atoms with Gasteiger partial charge in [0.2, 0.25) is 0 Å². The van der Waals surface area contributed by atoms with Crippen LogP contribution in [0.1, 0.15) is 24.9 Å². The van der Waals surface area contributed by atoms with Gasteiger partial charge in [0.15, 0.2) is 0 Å². The Morgan fingerprint density at radius 3 is 2.36 bits per heavy atom. The zero-order chi connectivity index (χ0) is 10.6. The predicted molar refractivity (Wildman–Crippen MR) is 54.4 cm³/mol. The van der Waals surface area contributed by atoms with Crippen molar-refractivity contribution in [1.82, 2.24) is 0 Å². The molecule has 0 aliphatic carbocycles. The van der Waals surface area contributed by atoms with Crippen LogP contribution in [0.5, 0.6) is 0 Å². The second-order valence-corrected chi connectivity index (χ2v) is 3.03. The zero-order valence-electron chi connectivity index (χ0n) is 7.63. The smallest absolute Gasteiger partial charge is 0.126 e. The summed E-state index contributed by atoms with van der Waals surface area (Å²) in [5.41, 5.74) is 0.488. The lowest BCUT2D eigenvalue weighted by atomic mass is 10.1. The van der Waals surface area contributed by atoms with Gasteiger partial charge in [-0.15, -0.1) is 0 Å². The van der Waals surface area contributed by atoms with Crippen molar-refractivity contribution in [2.75, 3.05) is 0 Å². The highest BCUT2D eigenvalue weighted by Crippen LogP contribution is 2.22. The summed E-state index contributed by atoms with van der Waals surface area (Å²) in [6.07, 6.45) is 0.631. The molecule has 1 rings (SSSR count). The second-order valence-electron chi connectivity index (χ2n) is 2.85. The van der Waals surface area contributed by atoms with Crippen LogP contribution in [0.3, 0.4) is 0 Å².